The van der Waals surface area contributed by atoms with Gasteiger partial charge >= 0.3 is 0 Å². The van der Waals surface area contributed by atoms with Crippen LogP contribution in [0, 0.1) is 6.92 Å². The van der Waals surface area contributed by atoms with Gasteiger partial charge in [-0.15, -0.1) is 10.2 Å². The van der Waals surface area contributed by atoms with E-state index in [1.807, 2.05) is 37.3 Å². The molecule has 0 aliphatic carbocycles. The fraction of sp³-hybridized carbons (Fsp3) is 0.179. The molecule has 188 valence electrons. The van der Waals surface area contributed by atoms with E-state index in [1.165, 1.54) is 6.08 Å². The van der Waals surface area contributed by atoms with Crippen molar-refractivity contribution >= 4 is 57.3 Å². The molecule has 0 bridgehead atoms. The standard InChI is InChI=1S/C28H23Cl3N4O2/c1-3-25(37)34-9-11-35(12-10-34)28-20-15-23(31)21(26-22(30)5-4-6-24(26)36)14-19(20)27(32-33-28)18-13-17(29)8-7-16(18)2/h3-8,13-15,36H,1,9-12H2,2H3. The van der Waals surface area contributed by atoms with Crippen LogP contribution in [0.2, 0.25) is 15.1 Å². The number of amides is 1. The highest BCUT2D eigenvalue weighted by atomic mass is 35.5. The van der Waals surface area contributed by atoms with Crippen molar-refractivity contribution in [3.63, 3.8) is 0 Å². The van der Waals surface area contributed by atoms with Gasteiger partial charge in [-0.05, 0) is 55.0 Å². The molecular weight excluding hydrogens is 531 g/mol. The third kappa shape index (κ3) is 4.73. The second-order valence-corrected chi connectivity index (χ2v) is 10.1. The number of halogens is 3. The number of hydrogen-bond donors (Lipinski definition) is 1. The Hall–Kier alpha value is -3.32. The predicted octanol–water partition coefficient (Wildman–Crippen LogP) is 6.77. The fourth-order valence-electron chi connectivity index (χ4n) is 4.68. The number of aromatic hydroxyl groups is 1. The topological polar surface area (TPSA) is 69.6 Å². The Kier molecular flexibility index (Phi) is 6.99. The number of rotatable bonds is 4. The number of phenols is 1. The maximum atomic E-state index is 12.1. The zero-order valence-corrected chi connectivity index (χ0v) is 22.3. The van der Waals surface area contributed by atoms with Crippen molar-refractivity contribution < 1.29 is 9.90 Å². The van der Waals surface area contributed by atoms with Crippen LogP contribution in [0.4, 0.5) is 5.82 Å². The number of nitrogens with zero attached hydrogens (tertiary/aromatic N) is 4. The number of carbonyl (C=O) groups excluding carboxylic acids is 1. The number of aromatic nitrogens is 2. The molecule has 0 unspecified atom stereocenters. The molecule has 1 aliphatic heterocycles. The highest BCUT2D eigenvalue weighted by molar-refractivity contribution is 6.37. The smallest absolute Gasteiger partial charge is 0.246 e. The molecule has 6 nitrogen and oxygen atoms in total. The molecule has 1 fully saturated rings. The van der Waals surface area contributed by atoms with Crippen LogP contribution in [0.3, 0.4) is 0 Å². The van der Waals surface area contributed by atoms with E-state index in [0.717, 1.165) is 21.9 Å². The van der Waals surface area contributed by atoms with Gasteiger partial charge in [0, 0.05) is 63.7 Å². The summed E-state index contributed by atoms with van der Waals surface area (Å²) >= 11 is 19.6. The first-order chi connectivity index (χ1) is 17.8. The van der Waals surface area contributed by atoms with E-state index < -0.39 is 0 Å². The summed E-state index contributed by atoms with van der Waals surface area (Å²) in [4.78, 5) is 15.9. The van der Waals surface area contributed by atoms with Crippen molar-refractivity contribution in [2.24, 2.45) is 0 Å². The molecule has 4 aromatic rings. The van der Waals surface area contributed by atoms with E-state index in [4.69, 9.17) is 34.8 Å². The molecule has 9 heteroatoms. The lowest BCUT2D eigenvalue weighted by atomic mass is 9.96. The average Bonchev–Trinajstić information content (AvgIpc) is 2.89. The first kappa shape index (κ1) is 25.3. The summed E-state index contributed by atoms with van der Waals surface area (Å²) in [5, 5.41) is 22.9. The molecule has 37 heavy (non-hydrogen) atoms. The number of carbonyl (C=O) groups is 1. The van der Waals surface area contributed by atoms with Gasteiger partial charge in [0.15, 0.2) is 5.82 Å². The molecule has 1 amide bonds. The maximum absolute atomic E-state index is 12.1. The van der Waals surface area contributed by atoms with Crippen LogP contribution in [0.5, 0.6) is 5.75 Å². The molecule has 0 radical (unpaired) electrons. The molecule has 0 atom stereocenters. The van der Waals surface area contributed by atoms with Gasteiger partial charge in [0.25, 0.3) is 0 Å². The molecule has 1 saturated heterocycles. The summed E-state index contributed by atoms with van der Waals surface area (Å²) in [6.07, 6.45) is 1.33. The molecule has 3 aromatic carbocycles. The summed E-state index contributed by atoms with van der Waals surface area (Å²) in [7, 11) is 0. The quantitative estimate of drug-likeness (QED) is 0.282. The minimum absolute atomic E-state index is 0.0273. The van der Waals surface area contributed by atoms with Crippen molar-refractivity contribution in [1.29, 1.82) is 0 Å². The summed E-state index contributed by atoms with van der Waals surface area (Å²) in [6.45, 7) is 7.83. The molecule has 1 N–H and O–H groups in total. The van der Waals surface area contributed by atoms with Crippen LogP contribution in [0.15, 0.2) is 61.2 Å². The third-order valence-electron chi connectivity index (χ3n) is 6.63. The second-order valence-electron chi connectivity index (χ2n) is 8.86. The summed E-state index contributed by atoms with van der Waals surface area (Å²) in [6, 6.07) is 14.3. The van der Waals surface area contributed by atoms with Crippen LogP contribution in [0.1, 0.15) is 5.56 Å². The highest BCUT2D eigenvalue weighted by Gasteiger charge is 2.25. The fourth-order valence-corrected chi connectivity index (χ4v) is 5.38. The van der Waals surface area contributed by atoms with Crippen LogP contribution >= 0.6 is 34.8 Å². The SMILES string of the molecule is C=CC(=O)N1CCN(c2nnc(-c3cc(Cl)ccc3C)c3cc(-c4c(O)cccc4Cl)c(Cl)cc23)CC1. The number of benzene rings is 3. The maximum Gasteiger partial charge on any atom is 0.246 e. The lowest BCUT2D eigenvalue weighted by molar-refractivity contribution is -0.126. The molecule has 1 aromatic heterocycles. The van der Waals surface area contributed by atoms with E-state index in [0.29, 0.717) is 63.9 Å². The van der Waals surface area contributed by atoms with Gasteiger partial charge in [-0.25, -0.2) is 0 Å². The zero-order valence-electron chi connectivity index (χ0n) is 20.0. The van der Waals surface area contributed by atoms with Crippen LogP contribution in [0.25, 0.3) is 33.2 Å². The largest absolute Gasteiger partial charge is 0.507 e. The second kappa shape index (κ2) is 10.2. The Bertz CT molecular complexity index is 1530. The highest BCUT2D eigenvalue weighted by Crippen LogP contribution is 2.44. The number of fused-ring (bicyclic) bond motifs is 1. The molecule has 5 rings (SSSR count). The molecule has 0 saturated carbocycles. The van der Waals surface area contributed by atoms with Gasteiger partial charge in [-0.1, -0.05) is 53.5 Å². The minimum atomic E-state index is -0.0883. The van der Waals surface area contributed by atoms with Gasteiger partial charge in [0.05, 0.1) is 5.02 Å². The van der Waals surface area contributed by atoms with Gasteiger partial charge in [0.1, 0.15) is 11.4 Å². The predicted molar refractivity (Wildman–Crippen MR) is 151 cm³/mol. The molecular formula is C28H23Cl3N4O2. The molecule has 1 aliphatic rings. The van der Waals surface area contributed by atoms with Crippen LogP contribution < -0.4 is 4.90 Å². The third-order valence-corrected chi connectivity index (χ3v) is 7.49. The van der Waals surface area contributed by atoms with Gasteiger partial charge in [-0.2, -0.15) is 0 Å². The summed E-state index contributed by atoms with van der Waals surface area (Å²) in [5.41, 5.74) is 3.50. The van der Waals surface area contributed by atoms with Crippen molar-refractivity contribution in [3.8, 4) is 28.1 Å². The Morgan fingerprint density at radius 3 is 2.41 bits per heavy atom. The summed E-state index contributed by atoms with van der Waals surface area (Å²) < 4.78 is 0. The lowest BCUT2D eigenvalue weighted by Crippen LogP contribution is -2.48. The monoisotopic (exact) mass is 552 g/mol. The molecule has 2 heterocycles. The Labute approximate surface area is 229 Å². The van der Waals surface area contributed by atoms with Crippen molar-refractivity contribution in [2.45, 2.75) is 6.92 Å². The Balaban J connectivity index is 1.72. The summed E-state index contributed by atoms with van der Waals surface area (Å²) in [5.74, 6) is 0.607. The Morgan fingerprint density at radius 1 is 0.946 bits per heavy atom. The number of hydrogen-bond acceptors (Lipinski definition) is 5. The van der Waals surface area contributed by atoms with Gasteiger partial charge in [0.2, 0.25) is 5.91 Å². The van der Waals surface area contributed by atoms with Gasteiger partial charge < -0.3 is 14.9 Å². The van der Waals surface area contributed by atoms with E-state index in [-0.39, 0.29) is 11.7 Å². The Morgan fingerprint density at radius 2 is 1.70 bits per heavy atom. The van der Waals surface area contributed by atoms with E-state index >= 15 is 0 Å². The number of aryl methyl sites for hydroxylation is 1. The number of piperazine rings is 1. The van der Waals surface area contributed by atoms with E-state index in [1.54, 1.807) is 23.1 Å². The van der Waals surface area contributed by atoms with Crippen molar-refractivity contribution in [1.82, 2.24) is 15.1 Å². The lowest BCUT2D eigenvalue weighted by Gasteiger charge is -2.35. The minimum Gasteiger partial charge on any atom is -0.507 e. The zero-order chi connectivity index (χ0) is 26.3. The van der Waals surface area contributed by atoms with Crippen LogP contribution in [-0.2, 0) is 4.79 Å². The van der Waals surface area contributed by atoms with Crippen molar-refractivity contribution in [2.75, 3.05) is 31.1 Å². The normalized spacial score (nSPS) is 13.7. The van der Waals surface area contributed by atoms with E-state index in [9.17, 15) is 9.90 Å². The number of anilines is 1. The molecule has 0 spiro atoms. The van der Waals surface area contributed by atoms with Crippen molar-refractivity contribution in [3.05, 3.63) is 81.8 Å². The van der Waals surface area contributed by atoms with E-state index in [2.05, 4.69) is 21.7 Å². The first-order valence-electron chi connectivity index (χ1n) is 11.7. The number of phenolic OH excluding ortho intramolecular Hbond substituents is 1. The van der Waals surface area contributed by atoms with Crippen LogP contribution in [-0.4, -0.2) is 52.3 Å². The first-order valence-corrected chi connectivity index (χ1v) is 12.8. The average molecular weight is 554 g/mol. The van der Waals surface area contributed by atoms with Gasteiger partial charge in [-0.3, -0.25) is 4.79 Å².